The van der Waals surface area contributed by atoms with E-state index < -0.39 is 0 Å². The van der Waals surface area contributed by atoms with E-state index in [1.165, 1.54) is 11.3 Å². The van der Waals surface area contributed by atoms with Crippen molar-refractivity contribution in [2.45, 2.75) is 13.5 Å². The normalized spacial score (nSPS) is 14.4. The molecule has 0 bridgehead atoms. The molecular formula is C26H26N4O2S2. The van der Waals surface area contributed by atoms with Gasteiger partial charge in [0.2, 0.25) is 0 Å². The fourth-order valence-electron chi connectivity index (χ4n) is 4.03. The Labute approximate surface area is 207 Å². The number of hydrogen-bond acceptors (Lipinski definition) is 7. The topological polar surface area (TPSA) is 58.6 Å². The Hall–Kier alpha value is -3.07. The van der Waals surface area contributed by atoms with E-state index in [-0.39, 0.29) is 5.91 Å². The van der Waals surface area contributed by atoms with Crippen molar-refractivity contribution in [3.05, 3.63) is 76.2 Å². The average molecular weight is 491 g/mol. The van der Waals surface area contributed by atoms with Crippen molar-refractivity contribution in [1.82, 2.24) is 19.8 Å². The van der Waals surface area contributed by atoms with Crippen LogP contribution in [-0.2, 0) is 6.54 Å². The van der Waals surface area contributed by atoms with Crippen molar-refractivity contribution in [1.29, 1.82) is 0 Å². The predicted molar refractivity (Wildman–Crippen MR) is 138 cm³/mol. The lowest BCUT2D eigenvalue weighted by molar-refractivity contribution is 0.0631. The molecule has 1 aliphatic heterocycles. The average Bonchev–Trinajstić information content (AvgIpc) is 3.51. The van der Waals surface area contributed by atoms with E-state index in [1.54, 1.807) is 18.4 Å². The number of aromatic nitrogens is 2. The van der Waals surface area contributed by atoms with Crippen LogP contribution >= 0.6 is 22.7 Å². The summed E-state index contributed by atoms with van der Waals surface area (Å²) >= 11 is 3.15. The highest BCUT2D eigenvalue weighted by Gasteiger charge is 2.26. The zero-order valence-corrected chi connectivity index (χ0v) is 20.9. The van der Waals surface area contributed by atoms with Crippen LogP contribution in [0.5, 0.6) is 5.75 Å². The lowest BCUT2D eigenvalue weighted by atomic mass is 10.2. The van der Waals surface area contributed by atoms with Gasteiger partial charge in [-0.05, 0) is 31.2 Å². The fourth-order valence-corrected chi connectivity index (χ4v) is 5.88. The third-order valence-corrected chi connectivity index (χ3v) is 8.08. The Bertz CT molecular complexity index is 1260. The maximum absolute atomic E-state index is 13.2. The van der Waals surface area contributed by atoms with E-state index in [4.69, 9.17) is 9.72 Å². The lowest BCUT2D eigenvalue weighted by Gasteiger charge is -2.34. The summed E-state index contributed by atoms with van der Waals surface area (Å²) in [5.41, 5.74) is 4.03. The first-order chi connectivity index (χ1) is 16.6. The molecule has 6 nitrogen and oxygen atoms in total. The molecule has 2 aromatic heterocycles. The monoisotopic (exact) mass is 490 g/mol. The second kappa shape index (κ2) is 10.0. The third kappa shape index (κ3) is 4.89. The van der Waals surface area contributed by atoms with E-state index >= 15 is 0 Å². The summed E-state index contributed by atoms with van der Waals surface area (Å²) in [7, 11) is 1.65. The van der Waals surface area contributed by atoms with Gasteiger partial charge < -0.3 is 9.64 Å². The van der Waals surface area contributed by atoms with Crippen LogP contribution in [0.1, 0.15) is 21.1 Å². The third-order valence-electron chi connectivity index (χ3n) is 5.95. The highest BCUT2D eigenvalue weighted by atomic mass is 32.1. The number of carbonyl (C=O) groups is 1. The molecular weight excluding hydrogens is 464 g/mol. The molecule has 0 atom stereocenters. The zero-order valence-electron chi connectivity index (χ0n) is 19.2. The number of methoxy groups -OCH3 is 1. The van der Waals surface area contributed by atoms with Crippen LogP contribution in [0.4, 0.5) is 0 Å². The number of amides is 1. The standard InChI is InChI=1S/C26H26N4O2S2/c1-18-23(34-25(27-18)20-8-10-22(32-2)11-9-20)26(31)30-14-12-29(13-15-30)16-21-17-33-24(28-21)19-6-4-3-5-7-19/h3-11,17H,12-16H2,1-2H3. The Morgan fingerprint density at radius 1 is 0.941 bits per heavy atom. The van der Waals surface area contributed by atoms with E-state index in [0.717, 1.165) is 62.8 Å². The highest BCUT2D eigenvalue weighted by molar-refractivity contribution is 7.17. The van der Waals surface area contributed by atoms with Gasteiger partial charge in [-0.15, -0.1) is 22.7 Å². The molecule has 0 radical (unpaired) electrons. The molecule has 3 heterocycles. The highest BCUT2D eigenvalue weighted by Crippen LogP contribution is 2.30. The summed E-state index contributed by atoms with van der Waals surface area (Å²) in [4.78, 5) is 27.8. The Balaban J connectivity index is 1.19. The number of rotatable bonds is 6. The molecule has 2 aromatic carbocycles. The minimum atomic E-state index is 0.0782. The molecule has 4 aromatic rings. The van der Waals surface area contributed by atoms with Crippen LogP contribution in [0.3, 0.4) is 0 Å². The van der Waals surface area contributed by atoms with E-state index in [9.17, 15) is 4.79 Å². The van der Waals surface area contributed by atoms with Gasteiger partial charge in [0.15, 0.2) is 0 Å². The quantitative estimate of drug-likeness (QED) is 0.371. The summed E-state index contributed by atoms with van der Waals surface area (Å²) in [5.74, 6) is 0.884. The van der Waals surface area contributed by atoms with Crippen molar-refractivity contribution in [2.75, 3.05) is 33.3 Å². The van der Waals surface area contributed by atoms with Gasteiger partial charge in [-0.25, -0.2) is 9.97 Å². The second-order valence-electron chi connectivity index (χ2n) is 8.24. The number of aryl methyl sites for hydroxylation is 1. The Kier molecular flexibility index (Phi) is 6.71. The fraction of sp³-hybridized carbons (Fsp3) is 0.269. The van der Waals surface area contributed by atoms with Crippen molar-refractivity contribution in [3.63, 3.8) is 0 Å². The first-order valence-electron chi connectivity index (χ1n) is 11.2. The molecule has 0 unspecified atom stereocenters. The molecule has 1 fully saturated rings. The van der Waals surface area contributed by atoms with Gasteiger partial charge in [0.25, 0.3) is 5.91 Å². The maximum Gasteiger partial charge on any atom is 0.265 e. The minimum absolute atomic E-state index is 0.0782. The molecule has 0 spiro atoms. The molecule has 0 saturated carbocycles. The summed E-state index contributed by atoms with van der Waals surface area (Å²) in [6, 6.07) is 18.1. The van der Waals surface area contributed by atoms with Crippen molar-refractivity contribution < 1.29 is 9.53 Å². The van der Waals surface area contributed by atoms with Crippen LogP contribution < -0.4 is 4.74 Å². The molecule has 8 heteroatoms. The van der Waals surface area contributed by atoms with Gasteiger partial charge in [-0.1, -0.05) is 30.3 Å². The van der Waals surface area contributed by atoms with E-state index in [0.29, 0.717) is 13.1 Å². The first-order valence-corrected chi connectivity index (χ1v) is 12.9. The summed E-state index contributed by atoms with van der Waals surface area (Å²) in [6.07, 6.45) is 0. The number of ether oxygens (including phenoxy) is 1. The molecule has 1 amide bonds. The first kappa shape index (κ1) is 22.7. The minimum Gasteiger partial charge on any atom is -0.497 e. The zero-order chi connectivity index (χ0) is 23.5. The molecule has 0 aliphatic carbocycles. The van der Waals surface area contributed by atoms with Crippen LogP contribution in [0.15, 0.2) is 60.0 Å². The van der Waals surface area contributed by atoms with Gasteiger partial charge in [0, 0.05) is 49.2 Å². The summed E-state index contributed by atoms with van der Waals surface area (Å²) < 4.78 is 5.23. The smallest absolute Gasteiger partial charge is 0.265 e. The van der Waals surface area contributed by atoms with Crippen LogP contribution in [-0.4, -0.2) is 59.0 Å². The number of thiazole rings is 2. The largest absolute Gasteiger partial charge is 0.497 e. The van der Waals surface area contributed by atoms with Crippen molar-refractivity contribution >= 4 is 28.6 Å². The van der Waals surface area contributed by atoms with Crippen LogP contribution in [0, 0.1) is 6.92 Å². The molecule has 34 heavy (non-hydrogen) atoms. The lowest BCUT2D eigenvalue weighted by Crippen LogP contribution is -2.48. The van der Waals surface area contributed by atoms with Gasteiger partial charge in [-0.3, -0.25) is 9.69 Å². The Morgan fingerprint density at radius 2 is 1.65 bits per heavy atom. The second-order valence-corrected chi connectivity index (χ2v) is 10.1. The van der Waals surface area contributed by atoms with Crippen molar-refractivity contribution in [3.8, 4) is 26.9 Å². The molecule has 5 rings (SSSR count). The number of benzene rings is 2. The maximum atomic E-state index is 13.2. The van der Waals surface area contributed by atoms with Crippen molar-refractivity contribution in [2.24, 2.45) is 0 Å². The van der Waals surface area contributed by atoms with E-state index in [1.807, 2.05) is 54.3 Å². The van der Waals surface area contributed by atoms with Crippen LogP contribution in [0.2, 0.25) is 0 Å². The summed E-state index contributed by atoms with van der Waals surface area (Å²) in [5, 5.41) is 4.05. The molecule has 174 valence electrons. The number of piperazine rings is 1. The predicted octanol–water partition coefficient (Wildman–Crippen LogP) is 5.21. The van der Waals surface area contributed by atoms with E-state index in [2.05, 4.69) is 27.4 Å². The van der Waals surface area contributed by atoms with Gasteiger partial charge in [-0.2, -0.15) is 0 Å². The summed E-state index contributed by atoms with van der Waals surface area (Å²) in [6.45, 7) is 5.83. The number of nitrogens with zero attached hydrogens (tertiary/aromatic N) is 4. The molecule has 1 aliphatic rings. The van der Waals surface area contributed by atoms with Gasteiger partial charge in [0.1, 0.15) is 20.6 Å². The molecule has 0 N–H and O–H groups in total. The van der Waals surface area contributed by atoms with Gasteiger partial charge in [0.05, 0.1) is 18.5 Å². The number of carbonyl (C=O) groups excluding carboxylic acids is 1. The van der Waals surface area contributed by atoms with Gasteiger partial charge >= 0.3 is 0 Å². The van der Waals surface area contributed by atoms with Crippen LogP contribution in [0.25, 0.3) is 21.1 Å². The SMILES string of the molecule is COc1ccc(-c2nc(C)c(C(=O)N3CCN(Cc4csc(-c5ccccc5)n4)CC3)s2)cc1. The molecule has 1 saturated heterocycles. The number of hydrogen-bond donors (Lipinski definition) is 0. The Morgan fingerprint density at radius 3 is 2.35 bits per heavy atom.